The molecule has 0 radical (unpaired) electrons. The Balaban J connectivity index is 1.98. The van der Waals surface area contributed by atoms with Crippen LogP contribution in [0.4, 0.5) is 0 Å². The predicted octanol–water partition coefficient (Wildman–Crippen LogP) is 2.67. The fraction of sp³-hybridized carbons (Fsp3) is 0.294. The first-order chi connectivity index (χ1) is 10.5. The fourth-order valence-electron chi connectivity index (χ4n) is 3.01. The molecule has 3 rings (SSSR count). The van der Waals surface area contributed by atoms with Gasteiger partial charge in [-0.05, 0) is 30.3 Å². The van der Waals surface area contributed by atoms with Crippen LogP contribution in [0.1, 0.15) is 17.2 Å². The lowest BCUT2D eigenvalue weighted by Crippen LogP contribution is -2.45. The molecule has 0 saturated carbocycles. The SMILES string of the molecule is CNCC1(O)Cc2ccccc2C1Oc1ccc(O)cc1Cl. The fourth-order valence-corrected chi connectivity index (χ4v) is 3.23. The summed E-state index contributed by atoms with van der Waals surface area (Å²) < 4.78 is 6.02. The third kappa shape index (κ3) is 2.65. The number of benzene rings is 2. The second-order valence-corrected chi connectivity index (χ2v) is 6.03. The number of phenols is 1. The molecule has 0 spiro atoms. The maximum atomic E-state index is 11.0. The molecule has 116 valence electrons. The lowest BCUT2D eigenvalue weighted by molar-refractivity contribution is -0.0484. The highest BCUT2D eigenvalue weighted by molar-refractivity contribution is 6.32. The smallest absolute Gasteiger partial charge is 0.154 e. The summed E-state index contributed by atoms with van der Waals surface area (Å²) in [6, 6.07) is 12.4. The van der Waals surface area contributed by atoms with E-state index in [1.54, 1.807) is 13.1 Å². The molecule has 0 heterocycles. The number of phenolic OH excluding ortho intramolecular Hbond substituents is 1. The van der Waals surface area contributed by atoms with E-state index in [4.69, 9.17) is 16.3 Å². The highest BCUT2D eigenvalue weighted by atomic mass is 35.5. The molecule has 2 atom stereocenters. The van der Waals surface area contributed by atoms with Crippen molar-refractivity contribution in [2.24, 2.45) is 0 Å². The Kier molecular flexibility index (Phi) is 4.00. The van der Waals surface area contributed by atoms with E-state index in [1.807, 2.05) is 24.3 Å². The first kappa shape index (κ1) is 15.2. The predicted molar refractivity (Wildman–Crippen MR) is 85.5 cm³/mol. The van der Waals surface area contributed by atoms with E-state index in [1.165, 1.54) is 12.1 Å². The molecule has 3 N–H and O–H groups in total. The third-order valence-corrected chi connectivity index (χ3v) is 4.26. The Morgan fingerprint density at radius 3 is 2.82 bits per heavy atom. The number of halogens is 1. The van der Waals surface area contributed by atoms with Crippen molar-refractivity contribution in [3.05, 3.63) is 58.6 Å². The van der Waals surface area contributed by atoms with Gasteiger partial charge in [0.15, 0.2) is 6.10 Å². The third-order valence-electron chi connectivity index (χ3n) is 3.97. The average Bonchev–Trinajstić information content (AvgIpc) is 2.74. The minimum Gasteiger partial charge on any atom is -0.508 e. The van der Waals surface area contributed by atoms with Gasteiger partial charge in [-0.15, -0.1) is 0 Å². The monoisotopic (exact) mass is 319 g/mol. The Bertz CT molecular complexity index is 691. The van der Waals surface area contributed by atoms with Crippen LogP contribution in [0.5, 0.6) is 11.5 Å². The number of nitrogens with one attached hydrogen (secondary N) is 1. The average molecular weight is 320 g/mol. The number of likely N-dealkylation sites (N-methyl/N-ethyl adjacent to an activating group) is 1. The van der Waals surface area contributed by atoms with Crippen LogP contribution >= 0.6 is 11.6 Å². The zero-order valence-electron chi connectivity index (χ0n) is 12.2. The topological polar surface area (TPSA) is 61.7 Å². The summed E-state index contributed by atoms with van der Waals surface area (Å²) in [5.74, 6) is 0.519. The van der Waals surface area contributed by atoms with Gasteiger partial charge >= 0.3 is 0 Å². The standard InChI is InChI=1S/C17H18ClNO3/c1-19-10-17(21)9-11-4-2-3-5-13(11)16(17)22-15-7-6-12(20)8-14(15)18/h2-8,16,19-21H,9-10H2,1H3. The first-order valence-electron chi connectivity index (χ1n) is 7.13. The van der Waals surface area contributed by atoms with Crippen LogP contribution in [0.3, 0.4) is 0 Å². The molecular weight excluding hydrogens is 302 g/mol. The van der Waals surface area contributed by atoms with Crippen molar-refractivity contribution < 1.29 is 14.9 Å². The molecule has 5 heteroatoms. The molecule has 2 aromatic rings. The molecule has 0 fully saturated rings. The normalized spacial score (nSPS) is 23.3. The number of hydrogen-bond acceptors (Lipinski definition) is 4. The summed E-state index contributed by atoms with van der Waals surface area (Å²) in [4.78, 5) is 0. The molecule has 4 nitrogen and oxygen atoms in total. The van der Waals surface area contributed by atoms with E-state index in [2.05, 4.69) is 5.32 Å². The number of aromatic hydroxyl groups is 1. The Hall–Kier alpha value is -1.75. The van der Waals surface area contributed by atoms with Gasteiger partial charge in [-0.2, -0.15) is 0 Å². The quantitative estimate of drug-likeness (QED) is 0.811. The van der Waals surface area contributed by atoms with E-state index in [0.29, 0.717) is 23.7 Å². The van der Waals surface area contributed by atoms with Crippen molar-refractivity contribution in [1.29, 1.82) is 0 Å². The molecule has 2 unspecified atom stereocenters. The molecule has 2 aromatic carbocycles. The summed E-state index contributed by atoms with van der Waals surface area (Å²) in [7, 11) is 1.80. The molecule has 0 aliphatic heterocycles. The van der Waals surface area contributed by atoms with Gasteiger partial charge < -0.3 is 20.3 Å². The summed E-state index contributed by atoms with van der Waals surface area (Å²) in [6.07, 6.45) is 0.00267. The summed E-state index contributed by atoms with van der Waals surface area (Å²) >= 11 is 6.12. The van der Waals surface area contributed by atoms with E-state index in [-0.39, 0.29) is 5.75 Å². The van der Waals surface area contributed by atoms with E-state index in [0.717, 1.165) is 11.1 Å². The summed E-state index contributed by atoms with van der Waals surface area (Å²) in [5.41, 5.74) is 0.990. The minimum atomic E-state index is -1.04. The van der Waals surface area contributed by atoms with E-state index >= 15 is 0 Å². The van der Waals surface area contributed by atoms with Crippen LogP contribution in [-0.4, -0.2) is 29.4 Å². The lowest BCUT2D eigenvalue weighted by Gasteiger charge is -2.31. The van der Waals surface area contributed by atoms with Gasteiger partial charge in [-0.1, -0.05) is 35.9 Å². The molecular formula is C17H18ClNO3. The maximum Gasteiger partial charge on any atom is 0.154 e. The number of fused-ring (bicyclic) bond motifs is 1. The van der Waals surface area contributed by atoms with Gasteiger partial charge in [0.1, 0.15) is 17.1 Å². The van der Waals surface area contributed by atoms with Gasteiger partial charge in [0, 0.05) is 19.0 Å². The molecule has 0 aromatic heterocycles. The zero-order valence-corrected chi connectivity index (χ0v) is 13.0. The van der Waals surface area contributed by atoms with Crippen molar-refractivity contribution in [1.82, 2.24) is 5.32 Å². The van der Waals surface area contributed by atoms with Crippen molar-refractivity contribution >= 4 is 11.6 Å². The van der Waals surface area contributed by atoms with E-state index in [9.17, 15) is 10.2 Å². The molecule has 0 amide bonds. The van der Waals surface area contributed by atoms with Crippen molar-refractivity contribution in [2.75, 3.05) is 13.6 Å². The van der Waals surface area contributed by atoms with Gasteiger partial charge in [-0.25, -0.2) is 0 Å². The van der Waals surface area contributed by atoms with Gasteiger partial charge in [0.25, 0.3) is 0 Å². The van der Waals surface area contributed by atoms with Crippen molar-refractivity contribution in [2.45, 2.75) is 18.1 Å². The number of ether oxygens (including phenoxy) is 1. The van der Waals surface area contributed by atoms with Crippen LogP contribution < -0.4 is 10.1 Å². The molecule has 1 aliphatic rings. The van der Waals surface area contributed by atoms with Crippen LogP contribution in [0.15, 0.2) is 42.5 Å². The van der Waals surface area contributed by atoms with Crippen LogP contribution in [0.2, 0.25) is 5.02 Å². The molecule has 1 aliphatic carbocycles. The van der Waals surface area contributed by atoms with E-state index < -0.39 is 11.7 Å². The molecule has 0 saturated heterocycles. The van der Waals surface area contributed by atoms with Crippen LogP contribution in [-0.2, 0) is 6.42 Å². The lowest BCUT2D eigenvalue weighted by atomic mass is 9.97. The van der Waals surface area contributed by atoms with Gasteiger partial charge in [-0.3, -0.25) is 0 Å². The Labute approximate surface area is 134 Å². The van der Waals surface area contributed by atoms with Crippen molar-refractivity contribution in [3.63, 3.8) is 0 Å². The Morgan fingerprint density at radius 1 is 1.32 bits per heavy atom. The summed E-state index contributed by atoms with van der Waals surface area (Å²) in [6.45, 7) is 0.405. The number of aliphatic hydroxyl groups is 1. The largest absolute Gasteiger partial charge is 0.508 e. The second kappa shape index (κ2) is 5.80. The zero-order chi connectivity index (χ0) is 15.7. The van der Waals surface area contributed by atoms with Crippen LogP contribution in [0, 0.1) is 0 Å². The second-order valence-electron chi connectivity index (χ2n) is 5.62. The van der Waals surface area contributed by atoms with Crippen molar-refractivity contribution in [3.8, 4) is 11.5 Å². The molecule has 22 heavy (non-hydrogen) atoms. The maximum absolute atomic E-state index is 11.0. The highest BCUT2D eigenvalue weighted by Gasteiger charge is 2.46. The van der Waals surface area contributed by atoms with Crippen LogP contribution in [0.25, 0.3) is 0 Å². The number of rotatable bonds is 4. The Morgan fingerprint density at radius 2 is 2.09 bits per heavy atom. The number of hydrogen-bond donors (Lipinski definition) is 3. The van der Waals surface area contributed by atoms with Gasteiger partial charge in [0.05, 0.1) is 5.02 Å². The van der Waals surface area contributed by atoms with Gasteiger partial charge in [0.2, 0.25) is 0 Å². The summed E-state index contributed by atoms with van der Waals surface area (Å²) in [5, 5.41) is 23.8. The highest BCUT2D eigenvalue weighted by Crippen LogP contribution is 2.43. The minimum absolute atomic E-state index is 0.0784. The first-order valence-corrected chi connectivity index (χ1v) is 7.51. The molecule has 0 bridgehead atoms.